The lowest BCUT2D eigenvalue weighted by molar-refractivity contribution is 0.100. The fourth-order valence-electron chi connectivity index (χ4n) is 2.03. The third-order valence-electron chi connectivity index (χ3n) is 2.98. The first-order valence-electron chi connectivity index (χ1n) is 6.08. The molecule has 0 atom stereocenters. The number of ether oxygens (including phenoxy) is 1. The summed E-state index contributed by atoms with van der Waals surface area (Å²) >= 11 is 1.26. The van der Waals surface area contributed by atoms with E-state index in [2.05, 4.69) is 5.32 Å². The van der Waals surface area contributed by atoms with E-state index in [-0.39, 0.29) is 5.56 Å². The van der Waals surface area contributed by atoms with Gasteiger partial charge in [-0.2, -0.15) is 0 Å². The van der Waals surface area contributed by atoms with E-state index in [0.29, 0.717) is 10.6 Å². The zero-order valence-corrected chi connectivity index (χ0v) is 12.4. The number of anilines is 1. The lowest BCUT2D eigenvalue weighted by Crippen LogP contribution is -2.21. The van der Waals surface area contributed by atoms with Crippen LogP contribution in [0.2, 0.25) is 0 Å². The summed E-state index contributed by atoms with van der Waals surface area (Å²) in [6.45, 7) is 1.78. The molecule has 2 aromatic rings. The van der Waals surface area contributed by atoms with E-state index in [9.17, 15) is 9.59 Å². The first kappa shape index (κ1) is 14.9. The minimum absolute atomic E-state index is 0.282. The summed E-state index contributed by atoms with van der Waals surface area (Å²) in [5.74, 6) is 0.130. The lowest BCUT2D eigenvalue weighted by Gasteiger charge is -2.03. The highest BCUT2D eigenvalue weighted by molar-refractivity contribution is 7.20. The largest absolute Gasteiger partial charge is 0.497 e. The zero-order chi connectivity index (χ0) is 15.6. The Morgan fingerprint density at radius 2 is 1.81 bits per heavy atom. The van der Waals surface area contributed by atoms with Crippen LogP contribution in [0.1, 0.15) is 15.9 Å². The van der Waals surface area contributed by atoms with Crippen molar-refractivity contribution in [2.45, 2.75) is 6.92 Å². The number of nitrogens with two attached hydrogens (primary N) is 2. The van der Waals surface area contributed by atoms with Crippen LogP contribution in [0.5, 0.6) is 5.75 Å². The number of nitrogens with one attached hydrogen (secondary N) is 1. The van der Waals surface area contributed by atoms with Gasteiger partial charge in [0.05, 0.1) is 12.7 Å². The van der Waals surface area contributed by atoms with E-state index in [1.54, 1.807) is 14.0 Å². The number of amides is 3. The molecule has 6 nitrogen and oxygen atoms in total. The highest BCUT2D eigenvalue weighted by Crippen LogP contribution is 2.40. The smallest absolute Gasteiger partial charge is 0.317 e. The molecular weight excluding hydrogens is 290 g/mol. The highest BCUT2D eigenvalue weighted by Gasteiger charge is 2.21. The van der Waals surface area contributed by atoms with Gasteiger partial charge in [0.1, 0.15) is 10.8 Å². The van der Waals surface area contributed by atoms with Crippen LogP contribution in [0.4, 0.5) is 9.80 Å². The molecule has 1 aromatic carbocycles. The van der Waals surface area contributed by atoms with Gasteiger partial charge in [0.2, 0.25) is 0 Å². The molecule has 110 valence electrons. The van der Waals surface area contributed by atoms with Crippen molar-refractivity contribution in [1.82, 2.24) is 0 Å². The Labute approximate surface area is 125 Å². The van der Waals surface area contributed by atoms with Gasteiger partial charge in [-0.05, 0) is 42.3 Å². The van der Waals surface area contributed by atoms with Crippen molar-refractivity contribution in [3.8, 4) is 16.2 Å². The minimum atomic E-state index is -0.736. The third kappa shape index (κ3) is 2.97. The third-order valence-corrected chi connectivity index (χ3v) is 4.24. The number of methoxy groups -OCH3 is 1. The number of carbonyl (C=O) groups excluding carboxylic acids is 2. The Kier molecular flexibility index (Phi) is 4.13. The number of primary amides is 2. The number of rotatable bonds is 4. The number of hydrogen-bond acceptors (Lipinski definition) is 4. The molecule has 2 rings (SSSR count). The molecular formula is C14H15N3O3S. The van der Waals surface area contributed by atoms with Gasteiger partial charge in [-0.25, -0.2) is 4.79 Å². The fourth-order valence-corrected chi connectivity index (χ4v) is 3.25. The van der Waals surface area contributed by atoms with Crippen LogP contribution in [0.15, 0.2) is 24.3 Å². The summed E-state index contributed by atoms with van der Waals surface area (Å²) in [6.07, 6.45) is 0. The number of hydrogen-bond donors (Lipinski definition) is 3. The first-order valence-corrected chi connectivity index (χ1v) is 6.89. The van der Waals surface area contributed by atoms with Gasteiger partial charge in [0, 0.05) is 4.88 Å². The van der Waals surface area contributed by atoms with E-state index in [1.807, 2.05) is 24.3 Å². The van der Waals surface area contributed by atoms with E-state index in [1.165, 1.54) is 11.3 Å². The SMILES string of the molecule is COc1ccc(-c2sc(NC(N)=O)c(C(N)=O)c2C)cc1. The topological polar surface area (TPSA) is 107 Å². The van der Waals surface area contributed by atoms with Gasteiger partial charge in [-0.15, -0.1) is 11.3 Å². The molecule has 1 heterocycles. The second-order valence-corrected chi connectivity index (χ2v) is 5.36. The van der Waals surface area contributed by atoms with Crippen molar-refractivity contribution in [1.29, 1.82) is 0 Å². The lowest BCUT2D eigenvalue weighted by atomic mass is 10.1. The van der Waals surface area contributed by atoms with Crippen LogP contribution in [0, 0.1) is 6.92 Å². The molecule has 7 heteroatoms. The van der Waals surface area contributed by atoms with Gasteiger partial charge < -0.3 is 16.2 Å². The van der Waals surface area contributed by atoms with Gasteiger partial charge in [0.15, 0.2) is 0 Å². The highest BCUT2D eigenvalue weighted by atomic mass is 32.1. The number of urea groups is 1. The number of carbonyl (C=O) groups is 2. The average Bonchev–Trinajstić information content (AvgIpc) is 2.75. The Hall–Kier alpha value is -2.54. The summed E-state index contributed by atoms with van der Waals surface area (Å²) in [5.41, 5.74) is 12.4. The van der Waals surface area contributed by atoms with Crippen LogP contribution in [0.25, 0.3) is 10.4 Å². The van der Waals surface area contributed by atoms with Crippen LogP contribution < -0.4 is 21.5 Å². The van der Waals surface area contributed by atoms with Gasteiger partial charge in [-0.3, -0.25) is 10.1 Å². The quantitative estimate of drug-likeness (QED) is 0.806. The predicted molar refractivity (Wildman–Crippen MR) is 82.8 cm³/mol. The Morgan fingerprint density at radius 3 is 2.29 bits per heavy atom. The van der Waals surface area contributed by atoms with E-state index < -0.39 is 11.9 Å². The molecule has 0 fully saturated rings. The molecule has 21 heavy (non-hydrogen) atoms. The van der Waals surface area contributed by atoms with Crippen molar-refractivity contribution >= 4 is 28.3 Å². The number of benzene rings is 1. The normalized spacial score (nSPS) is 10.2. The molecule has 0 bridgehead atoms. The molecule has 0 unspecified atom stereocenters. The molecule has 0 aliphatic heterocycles. The second-order valence-electron chi connectivity index (χ2n) is 4.34. The second kappa shape index (κ2) is 5.84. The van der Waals surface area contributed by atoms with Gasteiger partial charge in [-0.1, -0.05) is 0 Å². The molecule has 0 spiro atoms. The van der Waals surface area contributed by atoms with Crippen molar-refractivity contribution in [3.63, 3.8) is 0 Å². The Morgan fingerprint density at radius 1 is 1.19 bits per heavy atom. The molecule has 0 saturated heterocycles. The maximum absolute atomic E-state index is 11.6. The van der Waals surface area contributed by atoms with Gasteiger partial charge in [0.25, 0.3) is 5.91 Å². The molecule has 0 aliphatic carbocycles. The average molecular weight is 305 g/mol. The number of thiophene rings is 1. The molecule has 0 saturated carbocycles. The van der Waals surface area contributed by atoms with Crippen LogP contribution in [-0.2, 0) is 0 Å². The maximum Gasteiger partial charge on any atom is 0.317 e. The fraction of sp³-hybridized carbons (Fsp3) is 0.143. The molecule has 1 aromatic heterocycles. The summed E-state index contributed by atoms with van der Waals surface area (Å²) in [4.78, 5) is 23.5. The zero-order valence-electron chi connectivity index (χ0n) is 11.6. The Bertz CT molecular complexity index is 692. The summed E-state index contributed by atoms with van der Waals surface area (Å²) in [5, 5.41) is 2.80. The summed E-state index contributed by atoms with van der Waals surface area (Å²) < 4.78 is 5.11. The molecule has 3 amide bonds. The monoisotopic (exact) mass is 305 g/mol. The minimum Gasteiger partial charge on any atom is -0.497 e. The van der Waals surface area contributed by atoms with Crippen molar-refractivity contribution in [2.75, 3.05) is 12.4 Å². The first-order chi connectivity index (χ1) is 9.93. The van der Waals surface area contributed by atoms with E-state index in [0.717, 1.165) is 16.2 Å². The van der Waals surface area contributed by atoms with Crippen LogP contribution in [0.3, 0.4) is 0 Å². The predicted octanol–water partition coefficient (Wildman–Crippen LogP) is 2.32. The van der Waals surface area contributed by atoms with E-state index >= 15 is 0 Å². The van der Waals surface area contributed by atoms with E-state index in [4.69, 9.17) is 16.2 Å². The Balaban J connectivity index is 2.53. The molecule has 0 radical (unpaired) electrons. The molecule has 0 aliphatic rings. The summed E-state index contributed by atoms with van der Waals surface area (Å²) in [7, 11) is 1.59. The van der Waals surface area contributed by atoms with Crippen molar-refractivity contribution in [2.24, 2.45) is 11.5 Å². The summed E-state index contributed by atoms with van der Waals surface area (Å²) in [6, 6.07) is 6.65. The standard InChI is InChI=1S/C14H15N3O3S/c1-7-10(12(15)18)13(17-14(16)19)21-11(7)8-3-5-9(20-2)6-4-8/h3-6H,1-2H3,(H2,15,18)(H3,16,17,19). The van der Waals surface area contributed by atoms with Crippen molar-refractivity contribution in [3.05, 3.63) is 35.4 Å². The molecule has 5 N–H and O–H groups in total. The van der Waals surface area contributed by atoms with Crippen LogP contribution >= 0.6 is 11.3 Å². The van der Waals surface area contributed by atoms with Crippen LogP contribution in [-0.4, -0.2) is 19.0 Å². The van der Waals surface area contributed by atoms with Crippen molar-refractivity contribution < 1.29 is 14.3 Å². The van der Waals surface area contributed by atoms with Gasteiger partial charge >= 0.3 is 6.03 Å². The maximum atomic E-state index is 11.6.